The van der Waals surface area contributed by atoms with Gasteiger partial charge in [-0.15, -0.1) is 0 Å². The minimum absolute atomic E-state index is 0.432. The van der Waals surface area contributed by atoms with E-state index in [1.807, 2.05) is 11.8 Å². The lowest BCUT2D eigenvalue weighted by molar-refractivity contribution is 0.754. The third kappa shape index (κ3) is 2.52. The quantitative estimate of drug-likeness (QED) is 0.880. The van der Waals surface area contributed by atoms with Gasteiger partial charge in [-0.1, -0.05) is 6.92 Å². The van der Waals surface area contributed by atoms with Crippen LogP contribution in [0.1, 0.15) is 13.8 Å². The number of rotatable bonds is 5. The van der Waals surface area contributed by atoms with Gasteiger partial charge in [0.15, 0.2) is 11.5 Å². The molecule has 1 N–H and O–H groups in total. The lowest BCUT2D eigenvalue weighted by Crippen LogP contribution is -2.31. The second-order valence-corrected chi connectivity index (χ2v) is 5.24. The van der Waals surface area contributed by atoms with Crippen molar-refractivity contribution >= 4 is 28.7 Å². The van der Waals surface area contributed by atoms with Crippen molar-refractivity contribution in [2.24, 2.45) is 0 Å². The molecule has 6 heteroatoms. The molecule has 0 unspecified atom stereocenters. The van der Waals surface area contributed by atoms with Crippen molar-refractivity contribution in [2.45, 2.75) is 19.9 Å². The monoisotopic (exact) mass is 251 g/mol. The van der Waals surface area contributed by atoms with Crippen LogP contribution in [0.3, 0.4) is 0 Å². The summed E-state index contributed by atoms with van der Waals surface area (Å²) < 4.78 is 0. The van der Waals surface area contributed by atoms with Gasteiger partial charge in [0.2, 0.25) is 0 Å². The molecular formula is C11H17N5S. The van der Waals surface area contributed by atoms with E-state index in [4.69, 9.17) is 0 Å². The molecule has 17 heavy (non-hydrogen) atoms. The average molecular weight is 251 g/mol. The maximum atomic E-state index is 4.34. The SMILES string of the molecule is CCSC[C@@H](C)N(C)c1ncnc2nc[nH]c12. The van der Waals surface area contributed by atoms with Crippen LogP contribution in [0.15, 0.2) is 12.7 Å². The fraction of sp³-hybridized carbons (Fsp3) is 0.545. The lowest BCUT2D eigenvalue weighted by atomic mass is 10.3. The standard InChI is InChI=1S/C11H17N5S/c1-4-17-5-8(2)16(3)11-9-10(13-6-12-9)14-7-15-11/h6-8H,4-5H2,1-3H3,(H,12,13,14,15)/t8-/m1/s1. The summed E-state index contributed by atoms with van der Waals surface area (Å²) in [5.41, 5.74) is 1.63. The Labute approximate surface area is 105 Å². The molecule has 0 aromatic carbocycles. The minimum Gasteiger partial charge on any atom is -0.354 e. The molecule has 2 aromatic rings. The Morgan fingerprint density at radius 2 is 2.24 bits per heavy atom. The largest absolute Gasteiger partial charge is 0.354 e. The smallest absolute Gasteiger partial charge is 0.182 e. The van der Waals surface area contributed by atoms with Crippen LogP contribution < -0.4 is 4.90 Å². The van der Waals surface area contributed by atoms with E-state index in [1.165, 1.54) is 0 Å². The number of nitrogens with one attached hydrogen (secondary N) is 1. The third-order valence-corrected chi connectivity index (χ3v) is 3.89. The molecule has 0 amide bonds. The zero-order valence-corrected chi connectivity index (χ0v) is 11.2. The number of imidazole rings is 1. The number of fused-ring (bicyclic) bond motifs is 1. The van der Waals surface area contributed by atoms with Crippen molar-refractivity contribution in [3.05, 3.63) is 12.7 Å². The van der Waals surface area contributed by atoms with Crippen molar-refractivity contribution in [2.75, 3.05) is 23.5 Å². The van der Waals surface area contributed by atoms with Crippen molar-refractivity contribution in [1.29, 1.82) is 0 Å². The molecule has 0 radical (unpaired) electrons. The molecule has 2 rings (SSSR count). The Bertz CT molecular complexity index is 483. The molecule has 0 spiro atoms. The van der Waals surface area contributed by atoms with Gasteiger partial charge in [0.05, 0.1) is 6.33 Å². The van der Waals surface area contributed by atoms with Crippen molar-refractivity contribution in [3.8, 4) is 0 Å². The van der Waals surface area contributed by atoms with Crippen molar-refractivity contribution < 1.29 is 0 Å². The highest BCUT2D eigenvalue weighted by Gasteiger charge is 2.15. The Hall–Kier alpha value is -1.30. The summed E-state index contributed by atoms with van der Waals surface area (Å²) in [6, 6.07) is 0.432. The fourth-order valence-corrected chi connectivity index (χ4v) is 2.43. The summed E-state index contributed by atoms with van der Waals surface area (Å²) in [6.45, 7) is 4.38. The topological polar surface area (TPSA) is 57.7 Å². The van der Waals surface area contributed by atoms with E-state index < -0.39 is 0 Å². The number of H-pyrrole nitrogens is 1. The molecular weight excluding hydrogens is 234 g/mol. The van der Waals surface area contributed by atoms with Gasteiger partial charge in [0.1, 0.15) is 11.8 Å². The van der Waals surface area contributed by atoms with E-state index in [1.54, 1.807) is 12.7 Å². The van der Waals surface area contributed by atoms with Crippen molar-refractivity contribution in [3.63, 3.8) is 0 Å². The summed E-state index contributed by atoms with van der Waals surface area (Å²) in [6.07, 6.45) is 3.22. The summed E-state index contributed by atoms with van der Waals surface area (Å²) in [5.74, 6) is 3.14. The highest BCUT2D eigenvalue weighted by Crippen LogP contribution is 2.21. The molecule has 0 saturated heterocycles. The zero-order chi connectivity index (χ0) is 12.3. The Morgan fingerprint density at radius 3 is 3.00 bits per heavy atom. The Kier molecular flexibility index (Phi) is 3.83. The average Bonchev–Trinajstić information content (AvgIpc) is 2.82. The number of hydrogen-bond acceptors (Lipinski definition) is 5. The van der Waals surface area contributed by atoms with Crippen LogP contribution >= 0.6 is 11.8 Å². The fourth-order valence-electron chi connectivity index (χ4n) is 1.63. The number of nitrogens with zero attached hydrogens (tertiary/aromatic N) is 4. The summed E-state index contributed by atoms with van der Waals surface area (Å²) in [4.78, 5) is 17.9. The molecule has 0 bridgehead atoms. The van der Waals surface area contributed by atoms with E-state index in [0.29, 0.717) is 6.04 Å². The maximum absolute atomic E-state index is 4.34. The highest BCUT2D eigenvalue weighted by atomic mass is 32.2. The molecule has 0 aliphatic heterocycles. The molecule has 0 aliphatic rings. The van der Waals surface area contributed by atoms with Crippen LogP contribution in [0, 0.1) is 0 Å². The predicted molar refractivity (Wildman–Crippen MR) is 72.5 cm³/mol. The van der Waals surface area contributed by atoms with Crippen molar-refractivity contribution in [1.82, 2.24) is 19.9 Å². The van der Waals surface area contributed by atoms with Gasteiger partial charge in [-0.3, -0.25) is 0 Å². The van der Waals surface area contributed by atoms with E-state index in [0.717, 1.165) is 28.5 Å². The van der Waals surface area contributed by atoms with E-state index in [9.17, 15) is 0 Å². The first-order valence-corrected chi connectivity index (χ1v) is 6.84. The number of anilines is 1. The van der Waals surface area contributed by atoms with Gasteiger partial charge in [0.25, 0.3) is 0 Å². The number of aromatic nitrogens is 4. The molecule has 0 fully saturated rings. The van der Waals surface area contributed by atoms with Gasteiger partial charge in [-0.05, 0) is 12.7 Å². The summed E-state index contributed by atoms with van der Waals surface area (Å²) >= 11 is 1.94. The Balaban J connectivity index is 2.23. The van der Waals surface area contributed by atoms with Gasteiger partial charge < -0.3 is 9.88 Å². The highest BCUT2D eigenvalue weighted by molar-refractivity contribution is 7.99. The normalized spacial score (nSPS) is 12.9. The molecule has 2 heterocycles. The van der Waals surface area contributed by atoms with Crippen LogP contribution in [-0.2, 0) is 0 Å². The minimum atomic E-state index is 0.432. The van der Waals surface area contributed by atoms with Crippen LogP contribution in [0.4, 0.5) is 5.82 Å². The van der Waals surface area contributed by atoms with Crippen LogP contribution in [-0.4, -0.2) is 44.5 Å². The van der Waals surface area contributed by atoms with Gasteiger partial charge >= 0.3 is 0 Å². The first kappa shape index (κ1) is 12.2. The third-order valence-electron chi connectivity index (χ3n) is 2.76. The molecule has 0 saturated carbocycles. The number of thioether (sulfide) groups is 1. The second kappa shape index (κ2) is 5.35. The summed E-state index contributed by atoms with van der Waals surface area (Å²) in [5, 5.41) is 0. The Morgan fingerprint density at radius 1 is 1.41 bits per heavy atom. The molecule has 92 valence electrons. The second-order valence-electron chi connectivity index (χ2n) is 3.92. The van der Waals surface area contributed by atoms with E-state index in [-0.39, 0.29) is 0 Å². The summed E-state index contributed by atoms with van der Waals surface area (Å²) in [7, 11) is 2.06. The first-order valence-electron chi connectivity index (χ1n) is 5.68. The predicted octanol–water partition coefficient (Wildman–Crippen LogP) is 1.93. The molecule has 0 aliphatic carbocycles. The van der Waals surface area contributed by atoms with Gasteiger partial charge in [0, 0.05) is 18.8 Å². The van der Waals surface area contributed by atoms with E-state index >= 15 is 0 Å². The number of aromatic amines is 1. The molecule has 2 aromatic heterocycles. The number of hydrogen-bond donors (Lipinski definition) is 1. The molecule has 1 atom stereocenters. The zero-order valence-electron chi connectivity index (χ0n) is 10.3. The maximum Gasteiger partial charge on any atom is 0.182 e. The lowest BCUT2D eigenvalue weighted by Gasteiger charge is -2.25. The van der Waals surface area contributed by atoms with Crippen LogP contribution in [0.25, 0.3) is 11.2 Å². The first-order chi connectivity index (χ1) is 8.24. The van der Waals surface area contributed by atoms with Gasteiger partial charge in [-0.25, -0.2) is 15.0 Å². The van der Waals surface area contributed by atoms with Crippen LogP contribution in [0.2, 0.25) is 0 Å². The van der Waals surface area contributed by atoms with E-state index in [2.05, 4.69) is 45.7 Å². The van der Waals surface area contributed by atoms with Gasteiger partial charge in [-0.2, -0.15) is 11.8 Å². The van der Waals surface area contributed by atoms with Crippen LogP contribution in [0.5, 0.6) is 0 Å². The molecule has 5 nitrogen and oxygen atoms in total.